The maximum absolute atomic E-state index is 12.4. The van der Waals surface area contributed by atoms with Crippen LogP contribution >= 0.6 is 11.3 Å². The Morgan fingerprint density at radius 1 is 1.24 bits per heavy atom. The van der Waals surface area contributed by atoms with Crippen LogP contribution < -0.4 is 0 Å². The third-order valence-electron chi connectivity index (χ3n) is 4.39. The number of rotatable bonds is 5. The van der Waals surface area contributed by atoms with Crippen LogP contribution in [0.25, 0.3) is 0 Å². The Hall–Kier alpha value is -2.12. The Morgan fingerprint density at radius 3 is 2.40 bits per heavy atom. The Bertz CT molecular complexity index is 654. The van der Waals surface area contributed by atoms with Crippen molar-refractivity contribution in [1.29, 1.82) is 0 Å². The SMILES string of the molecule is COC(=O)C1=CN(C[C@H]2CCCO2)C=C(C(=O)OC)C1c1ccsc1. The molecule has 3 rings (SSSR count). The highest BCUT2D eigenvalue weighted by molar-refractivity contribution is 7.08. The van der Waals surface area contributed by atoms with E-state index in [-0.39, 0.29) is 6.10 Å². The summed E-state index contributed by atoms with van der Waals surface area (Å²) in [6, 6.07) is 1.90. The van der Waals surface area contributed by atoms with Crippen molar-refractivity contribution in [1.82, 2.24) is 4.90 Å². The van der Waals surface area contributed by atoms with Gasteiger partial charge in [-0.1, -0.05) is 0 Å². The first kappa shape index (κ1) is 17.7. The van der Waals surface area contributed by atoms with Gasteiger partial charge >= 0.3 is 11.9 Å². The Labute approximate surface area is 150 Å². The number of thiophene rings is 1. The molecule has 3 heterocycles. The topological polar surface area (TPSA) is 65.1 Å². The highest BCUT2D eigenvalue weighted by atomic mass is 32.1. The molecule has 2 aliphatic heterocycles. The van der Waals surface area contributed by atoms with Crippen molar-refractivity contribution in [3.8, 4) is 0 Å². The summed E-state index contributed by atoms with van der Waals surface area (Å²) in [5.41, 5.74) is 1.71. The molecule has 0 bridgehead atoms. The summed E-state index contributed by atoms with van der Waals surface area (Å²) in [4.78, 5) is 26.6. The third-order valence-corrected chi connectivity index (χ3v) is 5.09. The van der Waals surface area contributed by atoms with Gasteiger partial charge in [-0.15, -0.1) is 0 Å². The molecule has 0 N–H and O–H groups in total. The second kappa shape index (κ2) is 7.84. The molecule has 6 nitrogen and oxygen atoms in total. The number of methoxy groups -OCH3 is 2. The second-order valence-electron chi connectivity index (χ2n) is 5.97. The van der Waals surface area contributed by atoms with E-state index in [0.717, 1.165) is 25.0 Å². The van der Waals surface area contributed by atoms with Crippen LogP contribution in [0, 0.1) is 0 Å². The summed E-state index contributed by atoms with van der Waals surface area (Å²) in [6.45, 7) is 1.33. The van der Waals surface area contributed by atoms with Crippen LogP contribution in [0.3, 0.4) is 0 Å². The molecule has 1 aromatic heterocycles. The highest BCUT2D eigenvalue weighted by Gasteiger charge is 2.36. The lowest BCUT2D eigenvalue weighted by Gasteiger charge is -2.30. The van der Waals surface area contributed by atoms with Gasteiger partial charge in [0.25, 0.3) is 0 Å². The zero-order valence-corrected chi connectivity index (χ0v) is 15.1. The molecule has 0 amide bonds. The molecule has 0 radical (unpaired) electrons. The van der Waals surface area contributed by atoms with Crippen molar-refractivity contribution in [2.75, 3.05) is 27.4 Å². The molecular formula is C18H21NO5S. The molecule has 0 spiro atoms. The fourth-order valence-electron chi connectivity index (χ4n) is 3.22. The third kappa shape index (κ3) is 3.77. The summed E-state index contributed by atoms with van der Waals surface area (Å²) >= 11 is 1.51. The second-order valence-corrected chi connectivity index (χ2v) is 6.75. The summed E-state index contributed by atoms with van der Waals surface area (Å²) < 4.78 is 15.6. The summed E-state index contributed by atoms with van der Waals surface area (Å²) in [6.07, 6.45) is 5.58. The molecule has 1 aromatic rings. The van der Waals surface area contributed by atoms with E-state index in [1.807, 2.05) is 21.7 Å². The Morgan fingerprint density at radius 2 is 1.92 bits per heavy atom. The van der Waals surface area contributed by atoms with Gasteiger partial charge in [-0.05, 0) is 35.2 Å². The van der Waals surface area contributed by atoms with E-state index in [9.17, 15) is 9.59 Å². The van der Waals surface area contributed by atoms with Crippen LogP contribution in [0.15, 0.2) is 40.4 Å². The molecule has 1 atom stereocenters. The zero-order valence-electron chi connectivity index (χ0n) is 14.3. The number of ether oxygens (including phenoxy) is 3. The number of nitrogens with zero attached hydrogens (tertiary/aromatic N) is 1. The molecule has 0 unspecified atom stereocenters. The smallest absolute Gasteiger partial charge is 0.336 e. The zero-order chi connectivity index (χ0) is 17.8. The van der Waals surface area contributed by atoms with Crippen LogP contribution in [0.1, 0.15) is 24.3 Å². The van der Waals surface area contributed by atoms with Gasteiger partial charge in [-0.25, -0.2) is 9.59 Å². The molecule has 0 aromatic carbocycles. The van der Waals surface area contributed by atoms with Gasteiger partial charge in [0, 0.05) is 25.6 Å². The van der Waals surface area contributed by atoms with Crippen LogP contribution in [0.5, 0.6) is 0 Å². The van der Waals surface area contributed by atoms with E-state index < -0.39 is 17.9 Å². The molecule has 7 heteroatoms. The summed E-state index contributed by atoms with van der Waals surface area (Å²) in [5.74, 6) is -1.40. The quantitative estimate of drug-likeness (QED) is 0.749. The van der Waals surface area contributed by atoms with E-state index in [2.05, 4.69) is 0 Å². The first-order chi connectivity index (χ1) is 12.1. The molecule has 134 valence electrons. The van der Waals surface area contributed by atoms with Crippen molar-refractivity contribution >= 4 is 23.3 Å². The van der Waals surface area contributed by atoms with Gasteiger partial charge in [0.05, 0.1) is 37.4 Å². The fourth-order valence-corrected chi connectivity index (χ4v) is 3.90. The van der Waals surface area contributed by atoms with E-state index in [1.54, 1.807) is 12.4 Å². The number of hydrogen-bond acceptors (Lipinski definition) is 7. The molecule has 0 aliphatic carbocycles. The van der Waals surface area contributed by atoms with Crippen LogP contribution in [0.2, 0.25) is 0 Å². The van der Waals surface area contributed by atoms with Crippen molar-refractivity contribution in [2.45, 2.75) is 24.9 Å². The van der Waals surface area contributed by atoms with Gasteiger partial charge in [0.2, 0.25) is 0 Å². The number of hydrogen-bond donors (Lipinski definition) is 0. The maximum atomic E-state index is 12.4. The molecular weight excluding hydrogens is 342 g/mol. The molecule has 25 heavy (non-hydrogen) atoms. The maximum Gasteiger partial charge on any atom is 0.336 e. The van der Waals surface area contributed by atoms with E-state index in [4.69, 9.17) is 14.2 Å². The minimum atomic E-state index is -0.494. The largest absolute Gasteiger partial charge is 0.466 e. The van der Waals surface area contributed by atoms with Crippen LogP contribution in [0.4, 0.5) is 0 Å². The lowest BCUT2D eigenvalue weighted by atomic mass is 9.84. The molecule has 1 fully saturated rings. The minimum Gasteiger partial charge on any atom is -0.466 e. The van der Waals surface area contributed by atoms with Gasteiger partial charge in [-0.3, -0.25) is 0 Å². The molecule has 1 saturated heterocycles. The van der Waals surface area contributed by atoms with E-state index in [0.29, 0.717) is 17.7 Å². The predicted molar refractivity (Wildman–Crippen MR) is 92.9 cm³/mol. The highest BCUT2D eigenvalue weighted by Crippen LogP contribution is 2.38. The van der Waals surface area contributed by atoms with Gasteiger partial charge < -0.3 is 19.1 Å². The standard InChI is InChI=1S/C18H21NO5S/c1-22-17(20)14-9-19(8-13-4-3-6-24-13)10-15(18(21)23-2)16(14)12-5-7-25-11-12/h5,7,9-11,13,16H,3-4,6,8H2,1-2H3/t13-/m1/s1. The van der Waals surface area contributed by atoms with Crippen molar-refractivity contribution in [3.05, 3.63) is 45.9 Å². The van der Waals surface area contributed by atoms with E-state index in [1.165, 1.54) is 25.6 Å². The normalized spacial score (nSPS) is 20.9. The minimum absolute atomic E-state index is 0.0861. The number of carbonyl (C=O) groups is 2. The van der Waals surface area contributed by atoms with Gasteiger partial charge in [0.15, 0.2) is 0 Å². The Balaban J connectivity index is 1.98. The van der Waals surface area contributed by atoms with Crippen LogP contribution in [-0.2, 0) is 23.8 Å². The summed E-state index contributed by atoms with van der Waals surface area (Å²) in [5, 5.41) is 3.84. The van der Waals surface area contributed by atoms with Crippen LogP contribution in [-0.4, -0.2) is 50.3 Å². The van der Waals surface area contributed by atoms with Crippen molar-refractivity contribution < 1.29 is 23.8 Å². The summed E-state index contributed by atoms with van der Waals surface area (Å²) in [7, 11) is 2.68. The molecule has 2 aliphatic rings. The lowest BCUT2D eigenvalue weighted by Crippen LogP contribution is -2.32. The molecule has 0 saturated carbocycles. The average molecular weight is 363 g/mol. The van der Waals surface area contributed by atoms with Crippen molar-refractivity contribution in [2.24, 2.45) is 0 Å². The fraction of sp³-hybridized carbons (Fsp3) is 0.444. The first-order valence-electron chi connectivity index (χ1n) is 8.13. The van der Waals surface area contributed by atoms with Gasteiger partial charge in [-0.2, -0.15) is 11.3 Å². The first-order valence-corrected chi connectivity index (χ1v) is 9.07. The monoisotopic (exact) mass is 363 g/mol. The predicted octanol–water partition coefficient (Wildman–Crippen LogP) is 2.44. The van der Waals surface area contributed by atoms with Crippen molar-refractivity contribution in [3.63, 3.8) is 0 Å². The van der Waals surface area contributed by atoms with Gasteiger partial charge in [0.1, 0.15) is 0 Å². The number of carbonyl (C=O) groups excluding carboxylic acids is 2. The Kier molecular flexibility index (Phi) is 5.55. The number of esters is 2. The average Bonchev–Trinajstić information content (AvgIpc) is 3.33. The lowest BCUT2D eigenvalue weighted by molar-refractivity contribution is -0.137. The van der Waals surface area contributed by atoms with E-state index >= 15 is 0 Å².